The molecule has 8 heteroatoms. The van der Waals surface area contributed by atoms with E-state index >= 15 is 0 Å². The molecule has 0 atom stereocenters. The Bertz CT molecular complexity index is 1210. The molecular formula is C23H15ClF2N2O3. The van der Waals surface area contributed by atoms with Gasteiger partial charge in [0.05, 0.1) is 18.4 Å². The molecule has 5 nitrogen and oxygen atoms in total. The third-order valence-electron chi connectivity index (χ3n) is 4.71. The Morgan fingerprint density at radius 3 is 2.10 bits per heavy atom. The number of nitrogens with one attached hydrogen (secondary N) is 1. The lowest BCUT2D eigenvalue weighted by Crippen LogP contribution is -2.32. The smallest absolute Gasteiger partial charge is 0.282 e. The van der Waals surface area contributed by atoms with Crippen molar-refractivity contribution in [1.29, 1.82) is 0 Å². The van der Waals surface area contributed by atoms with E-state index < -0.39 is 23.4 Å². The van der Waals surface area contributed by atoms with Gasteiger partial charge in [-0.3, -0.25) is 9.59 Å². The van der Waals surface area contributed by atoms with Crippen LogP contribution in [0, 0.1) is 11.6 Å². The number of hydrogen-bond acceptors (Lipinski definition) is 4. The second-order valence-electron chi connectivity index (χ2n) is 6.65. The Morgan fingerprint density at radius 1 is 0.871 bits per heavy atom. The summed E-state index contributed by atoms with van der Waals surface area (Å²) in [6.07, 6.45) is 0. The Morgan fingerprint density at radius 2 is 1.48 bits per heavy atom. The minimum absolute atomic E-state index is 0.0368. The Balaban J connectivity index is 1.85. The fraction of sp³-hybridized carbons (Fsp3) is 0.0435. The number of nitrogens with zero attached hydrogens (tertiary/aromatic N) is 1. The lowest BCUT2D eigenvalue weighted by Gasteiger charge is -2.18. The van der Waals surface area contributed by atoms with E-state index in [-0.39, 0.29) is 22.7 Å². The largest absolute Gasteiger partial charge is 0.495 e. The second-order valence-corrected chi connectivity index (χ2v) is 7.09. The number of carbonyl (C=O) groups is 2. The zero-order valence-corrected chi connectivity index (χ0v) is 16.9. The van der Waals surface area contributed by atoms with Crippen LogP contribution < -0.4 is 15.0 Å². The molecule has 0 saturated heterocycles. The van der Waals surface area contributed by atoms with Gasteiger partial charge in [-0.15, -0.1) is 0 Å². The Hall–Kier alpha value is -3.71. The number of imide groups is 1. The average molecular weight is 441 g/mol. The molecular weight excluding hydrogens is 426 g/mol. The number of anilines is 2. The van der Waals surface area contributed by atoms with Gasteiger partial charge in [-0.25, -0.2) is 13.7 Å². The molecule has 1 N–H and O–H groups in total. The highest BCUT2D eigenvalue weighted by atomic mass is 35.5. The van der Waals surface area contributed by atoms with Gasteiger partial charge >= 0.3 is 0 Å². The van der Waals surface area contributed by atoms with Crippen molar-refractivity contribution < 1.29 is 23.1 Å². The first kappa shape index (κ1) is 20.6. The molecule has 0 radical (unpaired) electrons. The maximum atomic E-state index is 13.5. The summed E-state index contributed by atoms with van der Waals surface area (Å²) in [6, 6.07) is 15.1. The molecule has 0 spiro atoms. The first-order valence-corrected chi connectivity index (χ1v) is 9.52. The molecule has 0 fully saturated rings. The highest BCUT2D eigenvalue weighted by molar-refractivity contribution is 6.46. The van der Waals surface area contributed by atoms with Crippen molar-refractivity contribution in [2.45, 2.75) is 0 Å². The minimum atomic E-state index is -0.658. The van der Waals surface area contributed by atoms with Gasteiger partial charge in [0.1, 0.15) is 23.1 Å². The summed E-state index contributed by atoms with van der Waals surface area (Å²) < 4.78 is 32.0. The second kappa shape index (κ2) is 8.20. The fourth-order valence-corrected chi connectivity index (χ4v) is 3.43. The summed E-state index contributed by atoms with van der Waals surface area (Å²) in [5.41, 5.74) is 0.909. The molecule has 1 aliphatic rings. The van der Waals surface area contributed by atoms with Gasteiger partial charge in [0, 0.05) is 10.7 Å². The number of hydrogen-bond donors (Lipinski definition) is 1. The van der Waals surface area contributed by atoms with Gasteiger partial charge in [-0.2, -0.15) is 0 Å². The molecule has 0 saturated carbocycles. The van der Waals surface area contributed by atoms with Crippen LogP contribution in [0.15, 0.2) is 72.4 Å². The fourth-order valence-electron chi connectivity index (χ4n) is 3.26. The molecule has 1 heterocycles. The van der Waals surface area contributed by atoms with Crippen LogP contribution in [0.25, 0.3) is 5.57 Å². The van der Waals surface area contributed by atoms with Gasteiger partial charge in [0.25, 0.3) is 11.8 Å². The maximum absolute atomic E-state index is 13.5. The lowest BCUT2D eigenvalue weighted by atomic mass is 10.0. The van der Waals surface area contributed by atoms with E-state index in [0.29, 0.717) is 16.3 Å². The van der Waals surface area contributed by atoms with Gasteiger partial charge in [-0.05, 0) is 60.2 Å². The summed E-state index contributed by atoms with van der Waals surface area (Å²) in [6.45, 7) is 0. The monoisotopic (exact) mass is 440 g/mol. The molecule has 0 unspecified atom stereocenters. The van der Waals surface area contributed by atoms with E-state index in [9.17, 15) is 18.4 Å². The van der Waals surface area contributed by atoms with Crippen LogP contribution in [-0.4, -0.2) is 18.9 Å². The standard InChI is InChI=1S/C23H15ClF2N2O3/c1-31-19-11-4-14(24)12-18(19)28-22(29)20(13-2-5-15(25)6-3-13)21(23(28)30)27-17-9-7-16(26)8-10-17/h2-12,27H,1H3. The number of methoxy groups -OCH3 is 1. The van der Waals surface area contributed by atoms with Crippen molar-refractivity contribution in [1.82, 2.24) is 0 Å². The van der Waals surface area contributed by atoms with Crippen molar-refractivity contribution in [3.05, 3.63) is 94.6 Å². The van der Waals surface area contributed by atoms with Crippen molar-refractivity contribution >= 4 is 40.4 Å². The highest BCUT2D eigenvalue weighted by Gasteiger charge is 2.41. The van der Waals surface area contributed by atoms with Crippen LogP contribution in [0.5, 0.6) is 5.75 Å². The number of ether oxygens (including phenoxy) is 1. The molecule has 2 amide bonds. The number of benzene rings is 3. The van der Waals surface area contributed by atoms with E-state index in [1.54, 1.807) is 12.1 Å². The average Bonchev–Trinajstić information content (AvgIpc) is 3.00. The zero-order chi connectivity index (χ0) is 22.1. The van der Waals surface area contributed by atoms with Crippen LogP contribution in [0.2, 0.25) is 5.02 Å². The SMILES string of the molecule is COc1ccc(Cl)cc1N1C(=O)C(Nc2ccc(F)cc2)=C(c2ccc(F)cc2)C1=O. The van der Waals surface area contributed by atoms with Crippen LogP contribution in [0.3, 0.4) is 0 Å². The minimum Gasteiger partial charge on any atom is -0.495 e. The third-order valence-corrected chi connectivity index (χ3v) is 4.95. The summed E-state index contributed by atoms with van der Waals surface area (Å²) in [5, 5.41) is 3.20. The summed E-state index contributed by atoms with van der Waals surface area (Å²) in [5.74, 6) is -1.96. The van der Waals surface area contributed by atoms with Crippen LogP contribution >= 0.6 is 11.6 Å². The predicted molar refractivity (Wildman–Crippen MR) is 114 cm³/mol. The van der Waals surface area contributed by atoms with Crippen molar-refractivity contribution in [3.8, 4) is 5.75 Å². The maximum Gasteiger partial charge on any atom is 0.282 e. The van der Waals surface area contributed by atoms with Crippen LogP contribution in [0.4, 0.5) is 20.2 Å². The molecule has 4 rings (SSSR count). The van der Waals surface area contributed by atoms with E-state index in [2.05, 4.69) is 5.32 Å². The van der Waals surface area contributed by atoms with Gasteiger partial charge in [-0.1, -0.05) is 23.7 Å². The normalized spacial score (nSPS) is 13.7. The van der Waals surface area contributed by atoms with E-state index in [0.717, 1.165) is 4.90 Å². The summed E-state index contributed by atoms with van der Waals surface area (Å²) in [7, 11) is 1.41. The van der Waals surface area contributed by atoms with Crippen LogP contribution in [-0.2, 0) is 9.59 Å². The van der Waals surface area contributed by atoms with Gasteiger partial charge in [0.15, 0.2) is 0 Å². The quantitative estimate of drug-likeness (QED) is 0.566. The molecule has 0 aromatic heterocycles. The van der Waals surface area contributed by atoms with E-state index in [4.69, 9.17) is 16.3 Å². The summed E-state index contributed by atoms with van der Waals surface area (Å²) in [4.78, 5) is 27.7. The van der Waals surface area contributed by atoms with E-state index in [1.165, 1.54) is 61.7 Å². The lowest BCUT2D eigenvalue weighted by molar-refractivity contribution is -0.120. The highest BCUT2D eigenvalue weighted by Crippen LogP contribution is 2.39. The molecule has 1 aliphatic heterocycles. The number of carbonyl (C=O) groups excluding carboxylic acids is 2. The Kier molecular flexibility index (Phi) is 5.44. The van der Waals surface area contributed by atoms with Crippen LogP contribution in [0.1, 0.15) is 5.56 Å². The van der Waals surface area contributed by atoms with E-state index in [1.807, 2.05) is 0 Å². The number of halogens is 3. The van der Waals surface area contributed by atoms with Crippen molar-refractivity contribution in [2.75, 3.05) is 17.3 Å². The van der Waals surface area contributed by atoms with Gasteiger partial charge in [0.2, 0.25) is 0 Å². The molecule has 0 aliphatic carbocycles. The van der Waals surface area contributed by atoms with Crippen molar-refractivity contribution in [2.24, 2.45) is 0 Å². The predicted octanol–water partition coefficient (Wildman–Crippen LogP) is 5.02. The first-order chi connectivity index (χ1) is 14.9. The number of amides is 2. The zero-order valence-electron chi connectivity index (χ0n) is 16.2. The van der Waals surface area contributed by atoms with Gasteiger partial charge < -0.3 is 10.1 Å². The first-order valence-electron chi connectivity index (χ1n) is 9.14. The van der Waals surface area contributed by atoms with Crippen molar-refractivity contribution in [3.63, 3.8) is 0 Å². The Labute approximate surface area is 181 Å². The third kappa shape index (κ3) is 3.87. The molecule has 0 bridgehead atoms. The molecule has 3 aromatic carbocycles. The molecule has 31 heavy (non-hydrogen) atoms. The molecule has 3 aromatic rings. The summed E-state index contributed by atoms with van der Waals surface area (Å²) >= 11 is 6.09. The molecule has 156 valence electrons. The topological polar surface area (TPSA) is 58.6 Å². The number of rotatable bonds is 5.